The molecule has 0 saturated heterocycles. The van der Waals surface area contributed by atoms with Gasteiger partial charge in [0.1, 0.15) is 24.0 Å². The number of carbonyl (C=O) groups is 1. The SMILES string of the molecule is [CH2][C@@H]1C[C@@H](Nc2ncncc2C(=O)c2ccn(Cc3cc(Br)ccc3Cl)n2)[C@@H](F)[C@@H]1O. The zero-order valence-corrected chi connectivity index (χ0v) is 18.6. The number of aliphatic hydroxyl groups is 1. The van der Waals surface area contributed by atoms with Crippen LogP contribution in [0.4, 0.5) is 10.2 Å². The summed E-state index contributed by atoms with van der Waals surface area (Å²) in [4.78, 5) is 21.1. The molecule has 1 aromatic carbocycles. The van der Waals surface area contributed by atoms with Crippen molar-refractivity contribution < 1.29 is 14.3 Å². The zero-order chi connectivity index (χ0) is 22.1. The van der Waals surface area contributed by atoms with Crippen LogP contribution in [0.15, 0.2) is 47.5 Å². The van der Waals surface area contributed by atoms with Crippen molar-refractivity contribution in [3.8, 4) is 0 Å². The van der Waals surface area contributed by atoms with Gasteiger partial charge >= 0.3 is 0 Å². The normalized spacial score (nSPS) is 23.1. The largest absolute Gasteiger partial charge is 0.390 e. The first kappa shape index (κ1) is 21.9. The number of hydrogen-bond donors (Lipinski definition) is 2. The maximum atomic E-state index is 14.3. The molecule has 0 amide bonds. The molecule has 0 unspecified atom stereocenters. The Labute approximate surface area is 191 Å². The smallest absolute Gasteiger partial charge is 0.218 e. The van der Waals surface area contributed by atoms with Crippen LogP contribution < -0.4 is 5.32 Å². The van der Waals surface area contributed by atoms with Crippen molar-refractivity contribution in [2.45, 2.75) is 31.3 Å². The molecular weight excluding hydrogens is 489 g/mol. The molecule has 1 fully saturated rings. The van der Waals surface area contributed by atoms with E-state index in [4.69, 9.17) is 11.6 Å². The summed E-state index contributed by atoms with van der Waals surface area (Å²) in [5.41, 5.74) is 1.21. The summed E-state index contributed by atoms with van der Waals surface area (Å²) >= 11 is 9.65. The van der Waals surface area contributed by atoms with Crippen molar-refractivity contribution in [1.29, 1.82) is 0 Å². The molecule has 0 spiro atoms. The van der Waals surface area contributed by atoms with Gasteiger partial charge in [-0.1, -0.05) is 27.5 Å². The molecule has 0 aliphatic heterocycles. The summed E-state index contributed by atoms with van der Waals surface area (Å²) in [6.45, 7) is 4.15. The van der Waals surface area contributed by atoms with Crippen LogP contribution in [-0.2, 0) is 6.54 Å². The number of nitrogens with zero attached hydrogens (tertiary/aromatic N) is 4. The highest BCUT2D eigenvalue weighted by Gasteiger charge is 2.41. The van der Waals surface area contributed by atoms with E-state index in [2.05, 4.69) is 43.2 Å². The van der Waals surface area contributed by atoms with Crippen molar-refractivity contribution in [3.63, 3.8) is 0 Å². The fraction of sp³-hybridized carbons (Fsp3) is 0.286. The fourth-order valence-electron chi connectivity index (χ4n) is 3.57. The van der Waals surface area contributed by atoms with E-state index in [1.807, 2.05) is 12.1 Å². The number of aliphatic hydroxyl groups excluding tert-OH is 1. The summed E-state index contributed by atoms with van der Waals surface area (Å²) in [7, 11) is 0. The Hall–Kier alpha value is -2.36. The summed E-state index contributed by atoms with van der Waals surface area (Å²) < 4.78 is 16.8. The standard InChI is InChI=1S/C21H19BrClFN5O2/c1-11-6-17(18(24)19(11)30)27-21-14(8-25-10-26-21)20(31)16-4-5-29(28-16)9-12-7-13(22)2-3-15(12)23/h2-5,7-8,10-11,17-19,30H,1,6,9H2,(H,25,26,27)/t11-,17-,18-,19-/m1/s1. The Bertz CT molecular complexity index is 1110. The van der Waals surface area contributed by atoms with Gasteiger partial charge in [-0.25, -0.2) is 14.4 Å². The molecule has 7 nitrogen and oxygen atoms in total. The van der Waals surface area contributed by atoms with Crippen LogP contribution in [-0.4, -0.2) is 49.0 Å². The number of rotatable bonds is 6. The van der Waals surface area contributed by atoms with Crippen LogP contribution in [0.1, 0.15) is 28.0 Å². The molecular formula is C21H19BrClFN5O2. The summed E-state index contributed by atoms with van der Waals surface area (Å²) in [6, 6.07) is 6.40. The third-order valence-electron chi connectivity index (χ3n) is 5.24. The first-order chi connectivity index (χ1) is 14.8. The Morgan fingerprint density at radius 2 is 2.23 bits per heavy atom. The number of alkyl halides is 1. The number of hydrogen-bond acceptors (Lipinski definition) is 6. The minimum absolute atomic E-state index is 0.169. The topological polar surface area (TPSA) is 92.9 Å². The number of benzene rings is 1. The Morgan fingerprint density at radius 3 is 2.97 bits per heavy atom. The molecule has 3 aromatic rings. The Kier molecular flexibility index (Phi) is 6.36. The van der Waals surface area contributed by atoms with E-state index in [0.29, 0.717) is 18.0 Å². The fourth-order valence-corrected chi connectivity index (χ4v) is 4.15. The molecule has 161 valence electrons. The van der Waals surface area contributed by atoms with Gasteiger partial charge in [-0.15, -0.1) is 0 Å². The van der Waals surface area contributed by atoms with Crippen LogP contribution in [0.2, 0.25) is 5.02 Å². The summed E-state index contributed by atoms with van der Waals surface area (Å²) in [5, 5.41) is 17.7. The lowest BCUT2D eigenvalue weighted by atomic mass is 10.1. The Morgan fingerprint density at radius 1 is 1.42 bits per heavy atom. The molecule has 1 aliphatic carbocycles. The highest BCUT2D eigenvalue weighted by atomic mass is 79.9. The molecule has 31 heavy (non-hydrogen) atoms. The molecule has 4 atom stereocenters. The molecule has 10 heteroatoms. The van der Waals surface area contributed by atoms with E-state index in [0.717, 1.165) is 10.0 Å². The van der Waals surface area contributed by atoms with Gasteiger partial charge in [0.15, 0.2) is 0 Å². The van der Waals surface area contributed by atoms with Gasteiger partial charge in [-0.2, -0.15) is 5.10 Å². The lowest BCUT2D eigenvalue weighted by molar-refractivity contribution is 0.0793. The zero-order valence-electron chi connectivity index (χ0n) is 16.3. The molecule has 1 saturated carbocycles. The summed E-state index contributed by atoms with van der Waals surface area (Å²) in [6.07, 6.45) is 1.98. The average Bonchev–Trinajstić information content (AvgIpc) is 3.31. The van der Waals surface area contributed by atoms with E-state index in [1.165, 1.54) is 12.5 Å². The van der Waals surface area contributed by atoms with Gasteiger partial charge in [0.2, 0.25) is 5.78 Å². The maximum absolute atomic E-state index is 14.3. The van der Waals surface area contributed by atoms with Crippen LogP contribution >= 0.6 is 27.5 Å². The van der Waals surface area contributed by atoms with E-state index in [9.17, 15) is 14.3 Å². The first-order valence-electron chi connectivity index (χ1n) is 9.57. The van der Waals surface area contributed by atoms with Crippen molar-refractivity contribution in [3.05, 3.63) is 76.2 Å². The number of ketones is 1. The van der Waals surface area contributed by atoms with Gasteiger partial charge < -0.3 is 10.4 Å². The van der Waals surface area contributed by atoms with Gasteiger partial charge in [0.25, 0.3) is 0 Å². The highest BCUT2D eigenvalue weighted by Crippen LogP contribution is 2.31. The molecule has 2 N–H and O–H groups in total. The third kappa shape index (κ3) is 4.63. The monoisotopic (exact) mass is 506 g/mol. The lowest BCUT2D eigenvalue weighted by Crippen LogP contribution is -2.32. The van der Waals surface area contributed by atoms with E-state index < -0.39 is 30.0 Å². The molecule has 2 aromatic heterocycles. The van der Waals surface area contributed by atoms with Crippen molar-refractivity contribution in [1.82, 2.24) is 19.7 Å². The summed E-state index contributed by atoms with van der Waals surface area (Å²) in [5.74, 6) is -0.644. The maximum Gasteiger partial charge on any atom is 0.218 e. The second-order valence-corrected chi connectivity index (χ2v) is 8.75. The van der Waals surface area contributed by atoms with Crippen molar-refractivity contribution >= 4 is 39.1 Å². The first-order valence-corrected chi connectivity index (χ1v) is 10.7. The molecule has 1 aliphatic rings. The number of anilines is 1. The van der Waals surface area contributed by atoms with Crippen LogP contribution in [0.5, 0.6) is 0 Å². The Balaban J connectivity index is 1.54. The molecule has 0 bridgehead atoms. The lowest BCUT2D eigenvalue weighted by Gasteiger charge is -2.18. The third-order valence-corrected chi connectivity index (χ3v) is 6.10. The van der Waals surface area contributed by atoms with Gasteiger partial charge in [-0.05, 0) is 49.1 Å². The van der Waals surface area contributed by atoms with Gasteiger partial charge in [0, 0.05) is 21.9 Å². The molecule has 4 rings (SSSR count). The van der Waals surface area contributed by atoms with Crippen LogP contribution in [0, 0.1) is 12.8 Å². The number of aromatic nitrogens is 4. The highest BCUT2D eigenvalue weighted by molar-refractivity contribution is 9.10. The number of nitrogens with one attached hydrogen (secondary N) is 1. The predicted molar refractivity (Wildman–Crippen MR) is 118 cm³/mol. The minimum Gasteiger partial charge on any atom is -0.390 e. The average molecular weight is 508 g/mol. The van der Waals surface area contributed by atoms with Crippen molar-refractivity contribution in [2.75, 3.05) is 5.32 Å². The van der Waals surface area contributed by atoms with Gasteiger partial charge in [-0.3, -0.25) is 9.48 Å². The van der Waals surface area contributed by atoms with Crippen LogP contribution in [0.25, 0.3) is 0 Å². The van der Waals surface area contributed by atoms with E-state index in [1.54, 1.807) is 23.0 Å². The van der Waals surface area contributed by atoms with E-state index >= 15 is 0 Å². The van der Waals surface area contributed by atoms with Crippen molar-refractivity contribution in [2.24, 2.45) is 5.92 Å². The second-order valence-electron chi connectivity index (χ2n) is 7.43. The second kappa shape index (κ2) is 9.02. The van der Waals surface area contributed by atoms with Gasteiger partial charge in [0.05, 0.1) is 24.3 Å². The number of carbonyl (C=O) groups excluding carboxylic acids is 1. The minimum atomic E-state index is -1.51. The molecule has 2 heterocycles. The molecule has 1 radical (unpaired) electrons. The van der Waals surface area contributed by atoms with E-state index in [-0.39, 0.29) is 17.1 Å². The quantitative estimate of drug-likeness (QED) is 0.494. The number of halogens is 3. The van der Waals surface area contributed by atoms with Crippen LogP contribution in [0.3, 0.4) is 0 Å². The predicted octanol–water partition coefficient (Wildman–Crippen LogP) is 3.70.